The van der Waals surface area contributed by atoms with Crippen LogP contribution in [0.3, 0.4) is 0 Å². The average molecular weight is 510 g/mol. The highest BCUT2D eigenvalue weighted by molar-refractivity contribution is 5.97. The van der Waals surface area contributed by atoms with Crippen LogP contribution in [0.4, 0.5) is 11.4 Å². The minimum absolute atomic E-state index is 0.130. The van der Waals surface area contributed by atoms with E-state index in [2.05, 4.69) is 46.8 Å². The van der Waals surface area contributed by atoms with Crippen molar-refractivity contribution in [2.24, 2.45) is 35.0 Å². The molecule has 5 aliphatic carbocycles. The van der Waals surface area contributed by atoms with Crippen LogP contribution in [0, 0.1) is 35.0 Å². The van der Waals surface area contributed by atoms with E-state index in [1.54, 1.807) is 0 Å². The molecule has 0 spiro atoms. The molecule has 2 aromatic carbocycles. The molecule has 3 N–H and O–H groups in total. The van der Waals surface area contributed by atoms with Gasteiger partial charge in [0.2, 0.25) is 11.8 Å². The van der Waals surface area contributed by atoms with Gasteiger partial charge in [0, 0.05) is 33.9 Å². The van der Waals surface area contributed by atoms with E-state index in [4.69, 9.17) is 0 Å². The summed E-state index contributed by atoms with van der Waals surface area (Å²) in [6.45, 7) is 2.28. The molecule has 5 heteroatoms. The van der Waals surface area contributed by atoms with Gasteiger partial charge < -0.3 is 15.6 Å². The van der Waals surface area contributed by atoms with E-state index in [0.29, 0.717) is 0 Å². The fraction of sp³-hybridized carbons (Fsp3) is 0.515. The Labute approximate surface area is 225 Å². The molecule has 3 aromatic rings. The largest absolute Gasteiger partial charge is 0.355 e. The standard InChI is InChI=1S/C33H39N3O2/c1-20-2-4-25(5-3-20)31(37)34-28-10-11-29-26(15-28)16-30(36-29)24-6-8-27(9-7-24)35-32(38)33-17-21-12-22(18-33)14-23(13-21)19-33/h6-11,15-16,20-23,25,36H,2-5,12-14,17-19H2,1H3,(H,34,37)(H,35,38). The second kappa shape index (κ2) is 9.29. The zero-order chi connectivity index (χ0) is 25.9. The van der Waals surface area contributed by atoms with Gasteiger partial charge in [0.05, 0.1) is 5.41 Å². The number of aromatic amines is 1. The van der Waals surface area contributed by atoms with E-state index in [9.17, 15) is 9.59 Å². The highest BCUT2D eigenvalue weighted by Gasteiger charge is 2.54. The van der Waals surface area contributed by atoms with E-state index < -0.39 is 0 Å². The Hall–Kier alpha value is -3.08. The second-order valence-corrected chi connectivity index (χ2v) is 13.2. The van der Waals surface area contributed by atoms with Gasteiger partial charge >= 0.3 is 0 Å². The van der Waals surface area contributed by atoms with Crippen LogP contribution in [-0.4, -0.2) is 16.8 Å². The van der Waals surface area contributed by atoms with Crippen molar-refractivity contribution in [1.82, 2.24) is 4.98 Å². The van der Waals surface area contributed by atoms with Crippen molar-refractivity contribution in [3.05, 3.63) is 48.5 Å². The maximum atomic E-state index is 13.4. The summed E-state index contributed by atoms with van der Waals surface area (Å²) < 4.78 is 0. The van der Waals surface area contributed by atoms with E-state index in [1.807, 2.05) is 24.3 Å². The molecular formula is C33H39N3O2. The van der Waals surface area contributed by atoms with Crippen LogP contribution in [-0.2, 0) is 9.59 Å². The van der Waals surface area contributed by atoms with Crippen molar-refractivity contribution in [3.63, 3.8) is 0 Å². The molecule has 38 heavy (non-hydrogen) atoms. The van der Waals surface area contributed by atoms with Crippen LogP contribution in [0.2, 0.25) is 0 Å². The van der Waals surface area contributed by atoms with Crippen molar-refractivity contribution >= 4 is 34.1 Å². The Morgan fingerprint density at radius 2 is 1.42 bits per heavy atom. The number of carbonyl (C=O) groups excluding carboxylic acids is 2. The molecule has 5 fully saturated rings. The van der Waals surface area contributed by atoms with Gasteiger partial charge in [0.25, 0.3) is 0 Å². The van der Waals surface area contributed by atoms with E-state index in [1.165, 1.54) is 19.3 Å². The maximum absolute atomic E-state index is 13.4. The van der Waals surface area contributed by atoms with Crippen LogP contribution in [0.25, 0.3) is 22.2 Å². The van der Waals surface area contributed by atoms with Crippen LogP contribution in [0.1, 0.15) is 71.1 Å². The zero-order valence-electron chi connectivity index (χ0n) is 22.4. The number of aromatic nitrogens is 1. The molecule has 0 aliphatic heterocycles. The number of hydrogen-bond acceptors (Lipinski definition) is 2. The first-order chi connectivity index (χ1) is 18.4. The van der Waals surface area contributed by atoms with Gasteiger partial charge in [0.15, 0.2) is 0 Å². The summed E-state index contributed by atoms with van der Waals surface area (Å²) in [5.74, 6) is 3.56. The smallest absolute Gasteiger partial charge is 0.230 e. The minimum Gasteiger partial charge on any atom is -0.355 e. The molecule has 5 nitrogen and oxygen atoms in total. The summed E-state index contributed by atoms with van der Waals surface area (Å²) in [6.07, 6.45) is 11.6. The molecule has 0 unspecified atom stereocenters. The first-order valence-electron chi connectivity index (χ1n) is 14.8. The van der Waals surface area contributed by atoms with Gasteiger partial charge in [-0.1, -0.05) is 19.1 Å². The molecular weight excluding hydrogens is 470 g/mol. The number of carbonyl (C=O) groups is 2. The highest BCUT2D eigenvalue weighted by atomic mass is 16.2. The van der Waals surface area contributed by atoms with Gasteiger partial charge in [-0.3, -0.25) is 9.59 Å². The third kappa shape index (κ3) is 4.44. The fourth-order valence-electron chi connectivity index (χ4n) is 8.52. The van der Waals surface area contributed by atoms with E-state index in [0.717, 1.165) is 102 Å². The summed E-state index contributed by atoms with van der Waals surface area (Å²) in [4.78, 5) is 29.7. The first kappa shape index (κ1) is 24.0. The third-order valence-electron chi connectivity index (χ3n) is 10.2. The number of hydrogen-bond donors (Lipinski definition) is 3. The van der Waals surface area contributed by atoms with Crippen molar-refractivity contribution in [2.45, 2.75) is 71.1 Å². The molecule has 0 radical (unpaired) electrons. The summed E-state index contributed by atoms with van der Waals surface area (Å²) >= 11 is 0. The number of rotatable bonds is 5. The monoisotopic (exact) mass is 509 g/mol. The summed E-state index contributed by atoms with van der Waals surface area (Å²) in [7, 11) is 0. The Balaban J connectivity index is 1.02. The van der Waals surface area contributed by atoms with Crippen molar-refractivity contribution in [3.8, 4) is 11.3 Å². The SMILES string of the molecule is CC1CCC(C(=O)Nc2ccc3[nH]c(-c4ccc(NC(=O)C56CC7CC(CC(C7)C5)C6)cc4)cc3c2)CC1. The highest BCUT2D eigenvalue weighted by Crippen LogP contribution is 2.60. The molecule has 198 valence electrons. The summed E-state index contributed by atoms with van der Waals surface area (Å²) in [6, 6.07) is 16.4. The number of fused-ring (bicyclic) bond motifs is 1. The molecule has 4 bridgehead atoms. The van der Waals surface area contributed by atoms with Crippen LogP contribution < -0.4 is 10.6 Å². The lowest BCUT2D eigenvalue weighted by atomic mass is 9.49. The Morgan fingerprint density at radius 1 is 0.789 bits per heavy atom. The first-order valence-corrected chi connectivity index (χ1v) is 14.8. The Bertz CT molecular complexity index is 1330. The van der Waals surface area contributed by atoms with Gasteiger partial charge in [-0.2, -0.15) is 0 Å². The molecule has 8 rings (SSSR count). The third-order valence-corrected chi connectivity index (χ3v) is 10.2. The number of anilines is 2. The lowest BCUT2D eigenvalue weighted by Crippen LogP contribution is -2.51. The molecule has 0 saturated heterocycles. The van der Waals surface area contributed by atoms with Crippen molar-refractivity contribution in [1.29, 1.82) is 0 Å². The van der Waals surface area contributed by atoms with Crippen molar-refractivity contribution < 1.29 is 9.59 Å². The van der Waals surface area contributed by atoms with Gasteiger partial charge in [-0.05, 0) is 130 Å². The van der Waals surface area contributed by atoms with E-state index >= 15 is 0 Å². The zero-order valence-corrected chi connectivity index (χ0v) is 22.4. The number of nitrogens with one attached hydrogen (secondary N) is 3. The van der Waals surface area contributed by atoms with Gasteiger partial charge in [-0.25, -0.2) is 0 Å². The molecule has 1 heterocycles. The average Bonchev–Trinajstić information content (AvgIpc) is 3.32. The lowest BCUT2D eigenvalue weighted by molar-refractivity contribution is -0.140. The number of H-pyrrole nitrogens is 1. The molecule has 0 atom stereocenters. The predicted molar refractivity (Wildman–Crippen MR) is 153 cm³/mol. The second-order valence-electron chi connectivity index (χ2n) is 13.2. The quantitative estimate of drug-likeness (QED) is 0.329. The normalized spacial score (nSPS) is 31.9. The van der Waals surface area contributed by atoms with Crippen LogP contribution in [0.15, 0.2) is 48.5 Å². The maximum Gasteiger partial charge on any atom is 0.230 e. The van der Waals surface area contributed by atoms with Crippen LogP contribution >= 0.6 is 0 Å². The Morgan fingerprint density at radius 3 is 2.08 bits per heavy atom. The van der Waals surface area contributed by atoms with Crippen molar-refractivity contribution in [2.75, 3.05) is 10.6 Å². The molecule has 5 aliphatic rings. The predicted octanol–water partition coefficient (Wildman–Crippen LogP) is 7.75. The van der Waals surface area contributed by atoms with Gasteiger partial charge in [0.1, 0.15) is 0 Å². The molecule has 5 saturated carbocycles. The molecule has 2 amide bonds. The lowest BCUT2D eigenvalue weighted by Gasteiger charge is -2.55. The fourth-order valence-corrected chi connectivity index (χ4v) is 8.52. The van der Waals surface area contributed by atoms with Gasteiger partial charge in [-0.15, -0.1) is 0 Å². The topological polar surface area (TPSA) is 74.0 Å². The van der Waals surface area contributed by atoms with E-state index in [-0.39, 0.29) is 23.1 Å². The number of benzene rings is 2. The number of amides is 2. The summed E-state index contributed by atoms with van der Waals surface area (Å²) in [5, 5.41) is 7.50. The Kier molecular flexibility index (Phi) is 5.86. The minimum atomic E-state index is -0.132. The summed E-state index contributed by atoms with van der Waals surface area (Å²) in [5.41, 5.74) is 4.76. The molecule has 1 aromatic heterocycles. The van der Waals surface area contributed by atoms with Crippen LogP contribution in [0.5, 0.6) is 0 Å².